The highest BCUT2D eigenvalue weighted by molar-refractivity contribution is 5.75. The van der Waals surface area contributed by atoms with Crippen molar-refractivity contribution in [2.75, 3.05) is 67.0 Å². The summed E-state index contributed by atoms with van der Waals surface area (Å²) in [5, 5.41) is 2.93. The lowest BCUT2D eigenvalue weighted by atomic mass is 9.90. The van der Waals surface area contributed by atoms with Crippen LogP contribution in [0.4, 0.5) is 0 Å². The fourth-order valence-electron chi connectivity index (χ4n) is 1.99. The molecule has 0 aromatic rings. The second-order valence-electron chi connectivity index (χ2n) is 7.39. The molecule has 0 saturated heterocycles. The summed E-state index contributed by atoms with van der Waals surface area (Å²) < 4.78 is 26.8. The van der Waals surface area contributed by atoms with Crippen molar-refractivity contribution in [2.24, 2.45) is 5.41 Å². The minimum absolute atomic E-state index is 0. The van der Waals surface area contributed by atoms with Gasteiger partial charge in [0.15, 0.2) is 0 Å². The van der Waals surface area contributed by atoms with Crippen molar-refractivity contribution < 1.29 is 28.5 Å². The van der Waals surface area contributed by atoms with Crippen molar-refractivity contribution in [3.05, 3.63) is 0 Å². The molecule has 0 bridgehead atoms. The van der Waals surface area contributed by atoms with Gasteiger partial charge in [-0.1, -0.05) is 50.5 Å². The molecule has 1 unspecified atom stereocenters. The second-order valence-corrected chi connectivity index (χ2v) is 7.39. The highest BCUT2D eigenvalue weighted by atomic mass is 16.6. The van der Waals surface area contributed by atoms with E-state index in [0.29, 0.717) is 59.2 Å². The van der Waals surface area contributed by atoms with E-state index in [-0.39, 0.29) is 47.1 Å². The Morgan fingerprint density at radius 2 is 1.37 bits per heavy atom. The quantitative estimate of drug-likeness (QED) is 0.333. The molecule has 0 aromatic carbocycles. The van der Waals surface area contributed by atoms with Crippen molar-refractivity contribution >= 4 is 5.91 Å². The van der Waals surface area contributed by atoms with Gasteiger partial charge in [0.25, 0.3) is 0 Å². The van der Waals surface area contributed by atoms with Crippen molar-refractivity contribution in [1.82, 2.24) is 5.32 Å². The number of ether oxygens (including phenoxy) is 5. The van der Waals surface area contributed by atoms with Gasteiger partial charge in [-0.25, -0.2) is 0 Å². The third-order valence-corrected chi connectivity index (χ3v) is 3.57. The highest BCUT2D eigenvalue weighted by Gasteiger charge is 2.13. The maximum Gasteiger partial charge on any atom is 0.220 e. The summed E-state index contributed by atoms with van der Waals surface area (Å²) in [6.45, 7) is 10.6. The van der Waals surface area contributed by atoms with Crippen molar-refractivity contribution in [1.29, 1.82) is 0 Å². The molecular weight excluding hydrogens is 386 g/mol. The molecule has 0 rings (SSSR count). The Hall–Kier alpha value is -0.730. The van der Waals surface area contributed by atoms with Gasteiger partial charge in [0, 0.05) is 33.8 Å². The van der Waals surface area contributed by atoms with Gasteiger partial charge < -0.3 is 29.0 Å². The van der Waals surface area contributed by atoms with E-state index in [1.165, 1.54) is 0 Å². The van der Waals surface area contributed by atoms with Crippen LogP contribution in [-0.2, 0) is 28.5 Å². The average Bonchev–Trinajstić information content (AvgIpc) is 2.58. The Morgan fingerprint density at radius 3 is 1.90 bits per heavy atom. The summed E-state index contributed by atoms with van der Waals surface area (Å²) in [7, 11) is 3.28. The molecule has 0 heterocycles. The number of rotatable bonds is 17. The maximum absolute atomic E-state index is 11.7. The zero-order valence-corrected chi connectivity index (χ0v) is 17.3. The van der Waals surface area contributed by atoms with Crippen LogP contribution in [-0.4, -0.2) is 79.0 Å². The van der Waals surface area contributed by atoms with Crippen molar-refractivity contribution in [3.63, 3.8) is 0 Å². The van der Waals surface area contributed by atoms with E-state index in [1.807, 2.05) is 0 Å². The monoisotopic (exact) mass is 441 g/mol. The first-order valence-corrected chi connectivity index (χ1v) is 9.40. The van der Waals surface area contributed by atoms with Crippen molar-refractivity contribution in [2.45, 2.75) is 75.8 Å². The van der Waals surface area contributed by atoms with E-state index < -0.39 is 0 Å². The van der Waals surface area contributed by atoms with Gasteiger partial charge in [-0.2, -0.15) is 0 Å². The minimum Gasteiger partial charge on any atom is -0.382 e. The molecule has 0 aliphatic rings. The molecule has 0 aromatic heterocycles. The smallest absolute Gasteiger partial charge is 0.220 e. The Morgan fingerprint density at radius 1 is 0.833 bits per heavy atom. The normalized spacial score (nSPS) is 11.2. The Labute approximate surface area is 188 Å². The summed E-state index contributed by atoms with van der Waals surface area (Å²) in [5.41, 5.74) is 0.184. The first-order valence-electron chi connectivity index (χ1n) is 9.40. The zero-order valence-electron chi connectivity index (χ0n) is 17.3. The largest absolute Gasteiger partial charge is 0.382 e. The molecule has 0 saturated carbocycles. The van der Waals surface area contributed by atoms with Gasteiger partial charge in [0.1, 0.15) is 6.10 Å². The molecule has 0 aliphatic heterocycles. The molecular formula is C23H55NO6. The van der Waals surface area contributed by atoms with Crippen LogP contribution in [0.2, 0.25) is 0 Å². The van der Waals surface area contributed by atoms with Gasteiger partial charge in [-0.3, -0.25) is 4.79 Å². The van der Waals surface area contributed by atoms with Gasteiger partial charge in [0.05, 0.1) is 39.6 Å². The fourth-order valence-corrected chi connectivity index (χ4v) is 1.99. The average molecular weight is 442 g/mol. The predicted molar refractivity (Wildman–Crippen MR) is 128 cm³/mol. The molecule has 0 fully saturated rings. The Balaban J connectivity index is -0.000000521. The predicted octanol–water partition coefficient (Wildman–Crippen LogP) is 4.57. The van der Waals surface area contributed by atoms with E-state index in [2.05, 4.69) is 26.1 Å². The van der Waals surface area contributed by atoms with E-state index in [4.69, 9.17) is 23.7 Å². The van der Waals surface area contributed by atoms with Crippen LogP contribution in [0.1, 0.15) is 69.7 Å². The molecule has 188 valence electrons. The number of carbonyl (C=O) groups excluding carboxylic acids is 1. The maximum atomic E-state index is 11.7. The van der Waals surface area contributed by atoms with Crippen molar-refractivity contribution in [3.8, 4) is 0 Å². The zero-order chi connectivity index (χ0) is 19.7. The van der Waals surface area contributed by atoms with Gasteiger partial charge in [-0.05, 0) is 18.3 Å². The molecule has 30 heavy (non-hydrogen) atoms. The van der Waals surface area contributed by atoms with E-state index >= 15 is 0 Å². The number of carbonyl (C=O) groups is 1. The second kappa shape index (κ2) is 26.3. The lowest BCUT2D eigenvalue weighted by Crippen LogP contribution is -2.29. The number of nitrogens with one attached hydrogen (secondary N) is 1. The number of amides is 1. The lowest BCUT2D eigenvalue weighted by molar-refractivity contribution is -0.121. The first-order chi connectivity index (χ1) is 12.4. The van der Waals surface area contributed by atoms with Gasteiger partial charge >= 0.3 is 0 Å². The van der Waals surface area contributed by atoms with E-state index in [9.17, 15) is 4.79 Å². The number of hydrogen-bond acceptors (Lipinski definition) is 6. The number of methoxy groups -OCH3 is 2. The van der Waals surface area contributed by atoms with Gasteiger partial charge in [-0.15, -0.1) is 0 Å². The van der Waals surface area contributed by atoms with E-state index in [1.54, 1.807) is 14.2 Å². The minimum atomic E-state index is -0.136. The molecule has 0 spiro atoms. The molecule has 7 heteroatoms. The van der Waals surface area contributed by atoms with E-state index in [0.717, 1.165) is 12.8 Å². The SMILES string of the molecule is C.C.C.C.COCCOCC(COCCCNC(=O)CCC(C)(C)C)OCCOC. The standard InChI is InChI=1S/C19H39NO6.4CH4/c1-19(2,3)8-7-18(21)20-9-6-10-24-15-17(26-14-12-23-5)16-25-13-11-22-4;;;;/h17H,6-16H2,1-5H3,(H,20,21);4*1H4. The number of hydrogen-bond donors (Lipinski definition) is 1. The molecule has 0 aliphatic carbocycles. The highest BCUT2D eigenvalue weighted by Crippen LogP contribution is 2.20. The summed E-state index contributed by atoms with van der Waals surface area (Å²) in [6, 6.07) is 0. The Bertz CT molecular complexity index is 334. The van der Waals surface area contributed by atoms with Gasteiger partial charge in [0.2, 0.25) is 5.91 Å². The first kappa shape index (κ1) is 39.7. The summed E-state index contributed by atoms with van der Waals surface area (Å²) in [6.07, 6.45) is 2.09. The third kappa shape index (κ3) is 29.5. The molecule has 7 nitrogen and oxygen atoms in total. The molecule has 1 atom stereocenters. The van der Waals surface area contributed by atoms with Crippen LogP contribution in [0.25, 0.3) is 0 Å². The lowest BCUT2D eigenvalue weighted by Gasteiger charge is -2.18. The molecule has 0 radical (unpaired) electrons. The van der Waals surface area contributed by atoms with Crippen LogP contribution in [0.5, 0.6) is 0 Å². The van der Waals surface area contributed by atoms with Crippen LogP contribution < -0.4 is 5.32 Å². The fraction of sp³-hybridized carbons (Fsp3) is 0.957. The summed E-state index contributed by atoms with van der Waals surface area (Å²) >= 11 is 0. The van der Waals surface area contributed by atoms with Crippen LogP contribution in [0.15, 0.2) is 0 Å². The summed E-state index contributed by atoms with van der Waals surface area (Å²) in [4.78, 5) is 11.7. The molecule has 1 amide bonds. The van der Waals surface area contributed by atoms with Crippen LogP contribution in [0.3, 0.4) is 0 Å². The molecule has 1 N–H and O–H groups in total. The summed E-state index contributed by atoms with van der Waals surface area (Å²) in [5.74, 6) is 0.104. The van der Waals surface area contributed by atoms with Crippen LogP contribution >= 0.6 is 0 Å². The van der Waals surface area contributed by atoms with Crippen LogP contribution in [0, 0.1) is 5.41 Å². The third-order valence-electron chi connectivity index (χ3n) is 3.57. The Kier molecular flexibility index (Phi) is 34.8. The topological polar surface area (TPSA) is 75.2 Å².